The second kappa shape index (κ2) is 7.50. The van der Waals surface area contributed by atoms with Crippen LogP contribution in [-0.4, -0.2) is 61.0 Å². The highest BCUT2D eigenvalue weighted by molar-refractivity contribution is 5.98. The van der Waals surface area contributed by atoms with Gasteiger partial charge >= 0.3 is 0 Å². The van der Waals surface area contributed by atoms with Gasteiger partial charge in [-0.15, -0.1) is 0 Å². The number of hydrogen-bond donors (Lipinski definition) is 0. The second-order valence-electron chi connectivity index (χ2n) is 6.88. The normalized spacial score (nSPS) is 16.1. The second-order valence-corrected chi connectivity index (χ2v) is 6.88. The summed E-state index contributed by atoms with van der Waals surface area (Å²) in [6.45, 7) is 4.13. The number of aryl methyl sites for hydroxylation is 1. The van der Waals surface area contributed by atoms with E-state index in [0.717, 1.165) is 0 Å². The van der Waals surface area contributed by atoms with Gasteiger partial charge in [-0.2, -0.15) is 0 Å². The van der Waals surface area contributed by atoms with Gasteiger partial charge in [0.25, 0.3) is 11.8 Å². The molecule has 146 valence electrons. The maximum atomic E-state index is 13.8. The van der Waals surface area contributed by atoms with Gasteiger partial charge in [0.1, 0.15) is 19.0 Å². The molecule has 0 atom stereocenters. The molecule has 6 nitrogen and oxygen atoms in total. The molecule has 2 aliphatic rings. The van der Waals surface area contributed by atoms with Gasteiger partial charge < -0.3 is 19.3 Å². The fraction of sp³-hybridized carbons (Fsp3) is 0.333. The van der Waals surface area contributed by atoms with E-state index in [0.29, 0.717) is 67.6 Å². The van der Waals surface area contributed by atoms with E-state index < -0.39 is 5.82 Å². The standard InChI is InChI=1S/C21H21FN2O4/c1-14-5-6-15(13-17(14)22)20(25)23-7-9-24(10-8-23)21(26)16-3-2-4-18-19(16)28-12-11-27-18/h2-6,13H,7-12H2,1H3. The van der Waals surface area contributed by atoms with Crippen molar-refractivity contribution in [2.24, 2.45) is 0 Å². The van der Waals surface area contributed by atoms with E-state index in [9.17, 15) is 14.0 Å². The fourth-order valence-corrected chi connectivity index (χ4v) is 3.43. The first-order chi connectivity index (χ1) is 13.5. The van der Waals surface area contributed by atoms with Gasteiger partial charge in [0, 0.05) is 31.7 Å². The fourth-order valence-electron chi connectivity index (χ4n) is 3.43. The SMILES string of the molecule is Cc1ccc(C(=O)N2CCN(C(=O)c3cccc4c3OCCO4)CC2)cc1F. The van der Waals surface area contributed by atoms with Crippen molar-refractivity contribution in [2.75, 3.05) is 39.4 Å². The van der Waals surface area contributed by atoms with Crippen LogP contribution in [0.1, 0.15) is 26.3 Å². The molecule has 2 amide bonds. The van der Waals surface area contributed by atoms with Crippen molar-refractivity contribution in [3.63, 3.8) is 0 Å². The highest BCUT2D eigenvalue weighted by Gasteiger charge is 2.29. The number of carbonyl (C=O) groups excluding carboxylic acids is 2. The van der Waals surface area contributed by atoms with Gasteiger partial charge in [-0.3, -0.25) is 9.59 Å². The van der Waals surface area contributed by atoms with Crippen LogP contribution in [0.3, 0.4) is 0 Å². The minimum absolute atomic E-state index is 0.143. The van der Waals surface area contributed by atoms with E-state index in [4.69, 9.17) is 9.47 Å². The molecule has 0 spiro atoms. The smallest absolute Gasteiger partial charge is 0.257 e. The molecule has 0 aromatic heterocycles. The van der Waals surface area contributed by atoms with Crippen LogP contribution in [0.15, 0.2) is 36.4 Å². The molecule has 1 saturated heterocycles. The van der Waals surface area contributed by atoms with Crippen molar-refractivity contribution in [3.8, 4) is 11.5 Å². The van der Waals surface area contributed by atoms with Crippen molar-refractivity contribution in [3.05, 3.63) is 58.9 Å². The summed E-state index contributed by atoms with van der Waals surface area (Å²) >= 11 is 0. The third kappa shape index (κ3) is 3.40. The zero-order chi connectivity index (χ0) is 19.7. The van der Waals surface area contributed by atoms with Crippen LogP contribution < -0.4 is 9.47 Å². The summed E-state index contributed by atoms with van der Waals surface area (Å²) in [7, 11) is 0. The molecule has 0 unspecified atom stereocenters. The lowest BCUT2D eigenvalue weighted by molar-refractivity contribution is 0.0530. The Labute approximate surface area is 162 Å². The van der Waals surface area contributed by atoms with E-state index in [1.807, 2.05) is 0 Å². The lowest BCUT2D eigenvalue weighted by atomic mass is 10.1. The van der Waals surface area contributed by atoms with Crippen molar-refractivity contribution >= 4 is 11.8 Å². The zero-order valence-electron chi connectivity index (χ0n) is 15.6. The Bertz CT molecular complexity index is 923. The van der Waals surface area contributed by atoms with Crippen LogP contribution in [0.5, 0.6) is 11.5 Å². The molecule has 2 heterocycles. The van der Waals surface area contributed by atoms with E-state index in [-0.39, 0.29) is 11.8 Å². The Hall–Kier alpha value is -3.09. The Kier molecular flexibility index (Phi) is 4.90. The summed E-state index contributed by atoms with van der Waals surface area (Å²) in [5.74, 6) is 0.297. The molecule has 2 aromatic carbocycles. The summed E-state index contributed by atoms with van der Waals surface area (Å²) in [5, 5.41) is 0. The first-order valence-corrected chi connectivity index (χ1v) is 9.28. The molecule has 0 aliphatic carbocycles. The summed E-state index contributed by atoms with van der Waals surface area (Å²) in [6, 6.07) is 9.77. The molecule has 0 saturated carbocycles. The molecule has 2 aliphatic heterocycles. The predicted octanol–water partition coefficient (Wildman–Crippen LogP) is 2.50. The summed E-state index contributed by atoms with van der Waals surface area (Å²) < 4.78 is 24.9. The number of rotatable bonds is 2. The quantitative estimate of drug-likeness (QED) is 0.798. The van der Waals surface area contributed by atoms with Gasteiger partial charge in [-0.05, 0) is 36.8 Å². The number of fused-ring (bicyclic) bond motifs is 1. The Morgan fingerprint density at radius 2 is 1.61 bits per heavy atom. The molecule has 4 rings (SSSR count). The average Bonchev–Trinajstić information content (AvgIpc) is 2.74. The number of piperazine rings is 1. The molecular formula is C21H21FN2O4. The molecular weight excluding hydrogens is 363 g/mol. The monoisotopic (exact) mass is 384 g/mol. The molecule has 7 heteroatoms. The lowest BCUT2D eigenvalue weighted by Crippen LogP contribution is -2.50. The highest BCUT2D eigenvalue weighted by Crippen LogP contribution is 2.34. The Balaban J connectivity index is 1.43. The first-order valence-electron chi connectivity index (χ1n) is 9.28. The van der Waals surface area contributed by atoms with Crippen LogP contribution in [0.4, 0.5) is 4.39 Å². The number of amides is 2. The van der Waals surface area contributed by atoms with Crippen molar-refractivity contribution in [2.45, 2.75) is 6.92 Å². The molecule has 0 radical (unpaired) electrons. The van der Waals surface area contributed by atoms with Gasteiger partial charge in [0.15, 0.2) is 11.5 Å². The van der Waals surface area contributed by atoms with Crippen LogP contribution >= 0.6 is 0 Å². The Morgan fingerprint density at radius 3 is 2.32 bits per heavy atom. The van der Waals surface area contributed by atoms with Crippen LogP contribution in [0.2, 0.25) is 0 Å². The van der Waals surface area contributed by atoms with Crippen molar-refractivity contribution in [1.29, 1.82) is 0 Å². The maximum absolute atomic E-state index is 13.8. The van der Waals surface area contributed by atoms with Crippen LogP contribution in [0, 0.1) is 12.7 Å². The lowest BCUT2D eigenvalue weighted by Gasteiger charge is -2.35. The number of para-hydroxylation sites is 1. The van der Waals surface area contributed by atoms with E-state index in [1.54, 1.807) is 47.1 Å². The third-order valence-electron chi connectivity index (χ3n) is 5.07. The number of carbonyl (C=O) groups is 2. The van der Waals surface area contributed by atoms with Crippen LogP contribution in [0.25, 0.3) is 0 Å². The van der Waals surface area contributed by atoms with Crippen molar-refractivity contribution in [1.82, 2.24) is 9.80 Å². The third-order valence-corrected chi connectivity index (χ3v) is 5.07. The van der Waals surface area contributed by atoms with Crippen molar-refractivity contribution < 1.29 is 23.5 Å². The minimum Gasteiger partial charge on any atom is -0.486 e. The number of ether oxygens (including phenoxy) is 2. The minimum atomic E-state index is -0.393. The predicted molar refractivity (Wildman–Crippen MR) is 100 cm³/mol. The summed E-state index contributed by atoms with van der Waals surface area (Å²) in [4.78, 5) is 28.9. The number of benzene rings is 2. The molecule has 2 aromatic rings. The first kappa shape index (κ1) is 18.3. The maximum Gasteiger partial charge on any atom is 0.257 e. The van der Waals surface area contributed by atoms with Gasteiger partial charge in [-0.25, -0.2) is 4.39 Å². The molecule has 0 bridgehead atoms. The van der Waals surface area contributed by atoms with Gasteiger partial charge in [-0.1, -0.05) is 12.1 Å². The molecule has 0 N–H and O–H groups in total. The largest absolute Gasteiger partial charge is 0.486 e. The highest BCUT2D eigenvalue weighted by atomic mass is 19.1. The molecule has 1 fully saturated rings. The van der Waals surface area contributed by atoms with E-state index in [1.165, 1.54) is 6.07 Å². The zero-order valence-corrected chi connectivity index (χ0v) is 15.6. The Morgan fingerprint density at radius 1 is 0.929 bits per heavy atom. The van der Waals surface area contributed by atoms with E-state index >= 15 is 0 Å². The van der Waals surface area contributed by atoms with Gasteiger partial charge in [0.05, 0.1) is 5.56 Å². The number of halogens is 1. The molecule has 28 heavy (non-hydrogen) atoms. The summed E-state index contributed by atoms with van der Waals surface area (Å²) in [5.41, 5.74) is 1.30. The average molecular weight is 384 g/mol. The number of hydrogen-bond acceptors (Lipinski definition) is 4. The topological polar surface area (TPSA) is 59.1 Å². The summed E-state index contributed by atoms with van der Waals surface area (Å²) in [6.07, 6.45) is 0. The number of nitrogens with zero attached hydrogens (tertiary/aromatic N) is 2. The van der Waals surface area contributed by atoms with Gasteiger partial charge in [0.2, 0.25) is 0 Å². The van der Waals surface area contributed by atoms with E-state index in [2.05, 4.69) is 0 Å². The van der Waals surface area contributed by atoms with Crippen LogP contribution in [-0.2, 0) is 0 Å².